The lowest BCUT2D eigenvalue weighted by atomic mass is 9.82. The monoisotopic (exact) mass is 456 g/mol. The highest BCUT2D eigenvalue weighted by Gasteiger charge is 2.23. The van der Waals surface area contributed by atoms with Crippen LogP contribution < -0.4 is 4.74 Å². The minimum absolute atomic E-state index is 0.233. The Bertz CT molecular complexity index is 1530. The highest BCUT2D eigenvalue weighted by molar-refractivity contribution is 5.86. The van der Waals surface area contributed by atoms with Gasteiger partial charge in [-0.05, 0) is 89.7 Å². The summed E-state index contributed by atoms with van der Waals surface area (Å²) in [6.07, 6.45) is 3.68. The van der Waals surface area contributed by atoms with Crippen LogP contribution in [-0.4, -0.2) is 22.2 Å². The van der Waals surface area contributed by atoms with Crippen molar-refractivity contribution in [3.05, 3.63) is 108 Å². The highest BCUT2D eigenvalue weighted by Crippen LogP contribution is 2.42. The van der Waals surface area contributed by atoms with Crippen LogP contribution in [0.2, 0.25) is 0 Å². The van der Waals surface area contributed by atoms with Gasteiger partial charge in [0, 0.05) is 22.9 Å². The van der Waals surface area contributed by atoms with Crippen molar-refractivity contribution < 1.29 is 9.84 Å². The summed E-state index contributed by atoms with van der Waals surface area (Å²) in [5.74, 6) is 1.07. The summed E-state index contributed by atoms with van der Waals surface area (Å²) in [4.78, 5) is 9.70. The van der Waals surface area contributed by atoms with Crippen LogP contribution in [0.15, 0.2) is 97.2 Å². The lowest BCUT2D eigenvalue weighted by molar-refractivity contribution is 0.415. The van der Waals surface area contributed by atoms with Crippen molar-refractivity contribution in [2.24, 2.45) is 0 Å². The average Bonchev–Trinajstić information content (AvgIpc) is 2.93. The second-order valence-corrected chi connectivity index (χ2v) is 8.71. The van der Waals surface area contributed by atoms with Gasteiger partial charge < -0.3 is 9.84 Å². The first kappa shape index (κ1) is 21.1. The molecule has 4 nitrogen and oxygen atoms in total. The predicted molar refractivity (Wildman–Crippen MR) is 139 cm³/mol. The van der Waals surface area contributed by atoms with Gasteiger partial charge in [0.15, 0.2) is 0 Å². The Morgan fingerprint density at radius 2 is 1.51 bits per heavy atom. The molecule has 4 heteroatoms. The summed E-state index contributed by atoms with van der Waals surface area (Å²) in [5.41, 5.74) is 10.4. The van der Waals surface area contributed by atoms with Crippen LogP contribution in [0.3, 0.4) is 0 Å². The molecule has 0 amide bonds. The number of nitrogens with zero attached hydrogens (tertiary/aromatic N) is 2. The number of hydrogen-bond acceptors (Lipinski definition) is 4. The number of ether oxygens (including phenoxy) is 1. The quantitative estimate of drug-likeness (QED) is 0.318. The number of aryl methyl sites for hydroxylation is 1. The lowest BCUT2D eigenvalue weighted by Gasteiger charge is -2.24. The number of para-hydroxylation sites is 1. The van der Waals surface area contributed by atoms with E-state index in [1.807, 2.05) is 60.8 Å². The highest BCUT2D eigenvalue weighted by atomic mass is 16.5. The Hall–Kier alpha value is -4.44. The van der Waals surface area contributed by atoms with Gasteiger partial charge in [-0.25, -0.2) is 4.98 Å². The fraction of sp³-hybridized carbons (Fsp3) is 0.0968. The summed E-state index contributed by atoms with van der Waals surface area (Å²) in [6, 6.07) is 30.2. The van der Waals surface area contributed by atoms with E-state index in [4.69, 9.17) is 9.72 Å². The molecule has 2 aromatic heterocycles. The molecule has 1 aliphatic carbocycles. The van der Waals surface area contributed by atoms with Crippen molar-refractivity contribution >= 4 is 0 Å². The van der Waals surface area contributed by atoms with E-state index in [-0.39, 0.29) is 5.75 Å². The third-order valence-electron chi connectivity index (χ3n) is 6.67. The summed E-state index contributed by atoms with van der Waals surface area (Å²) >= 11 is 0. The summed E-state index contributed by atoms with van der Waals surface area (Å²) in [7, 11) is 1.68. The van der Waals surface area contributed by atoms with Crippen LogP contribution in [0, 0.1) is 0 Å². The van der Waals surface area contributed by atoms with Crippen LogP contribution in [0.5, 0.6) is 11.5 Å². The zero-order chi connectivity index (χ0) is 23.8. The van der Waals surface area contributed by atoms with Crippen molar-refractivity contribution in [1.29, 1.82) is 0 Å². The zero-order valence-corrected chi connectivity index (χ0v) is 19.4. The van der Waals surface area contributed by atoms with Gasteiger partial charge in [0.2, 0.25) is 0 Å². The molecule has 1 N–H and O–H groups in total. The number of aromatic nitrogens is 2. The Morgan fingerprint density at radius 1 is 0.714 bits per heavy atom. The number of phenolic OH excluding ortho intramolecular Hbond substituents is 1. The maximum Gasteiger partial charge on any atom is 0.124 e. The number of pyridine rings is 2. The largest absolute Gasteiger partial charge is 0.507 e. The van der Waals surface area contributed by atoms with Gasteiger partial charge in [0.05, 0.1) is 24.2 Å². The molecule has 0 aliphatic heterocycles. The van der Waals surface area contributed by atoms with E-state index in [0.29, 0.717) is 0 Å². The van der Waals surface area contributed by atoms with E-state index < -0.39 is 0 Å². The van der Waals surface area contributed by atoms with Crippen LogP contribution in [0.25, 0.3) is 44.9 Å². The molecule has 2 heterocycles. The van der Waals surface area contributed by atoms with Crippen molar-refractivity contribution in [1.82, 2.24) is 9.97 Å². The van der Waals surface area contributed by atoms with Crippen LogP contribution >= 0.6 is 0 Å². The Balaban J connectivity index is 1.58. The van der Waals surface area contributed by atoms with Gasteiger partial charge in [-0.3, -0.25) is 4.98 Å². The van der Waals surface area contributed by atoms with Gasteiger partial charge in [0.1, 0.15) is 11.5 Å². The van der Waals surface area contributed by atoms with Gasteiger partial charge in [-0.2, -0.15) is 0 Å². The number of rotatable bonds is 4. The first-order valence-electron chi connectivity index (χ1n) is 11.7. The predicted octanol–water partition coefficient (Wildman–Crippen LogP) is 6.96. The molecule has 5 aromatic rings. The molecule has 6 rings (SSSR count). The second kappa shape index (κ2) is 8.73. The molecule has 0 radical (unpaired) electrons. The summed E-state index contributed by atoms with van der Waals surface area (Å²) in [5, 5.41) is 10.4. The first-order chi connectivity index (χ1) is 17.2. The van der Waals surface area contributed by atoms with E-state index in [0.717, 1.165) is 57.9 Å². The van der Waals surface area contributed by atoms with E-state index in [9.17, 15) is 5.11 Å². The molecular formula is C31H24N2O2. The number of benzene rings is 3. The van der Waals surface area contributed by atoms with E-state index in [1.165, 1.54) is 16.7 Å². The summed E-state index contributed by atoms with van der Waals surface area (Å²) in [6.45, 7) is 0. The molecule has 1 aliphatic rings. The lowest BCUT2D eigenvalue weighted by Crippen LogP contribution is -2.08. The molecule has 0 unspecified atom stereocenters. The maximum atomic E-state index is 10.4. The third-order valence-corrected chi connectivity index (χ3v) is 6.67. The van der Waals surface area contributed by atoms with E-state index in [1.54, 1.807) is 13.2 Å². The Kier molecular flexibility index (Phi) is 5.27. The minimum atomic E-state index is 0.233. The van der Waals surface area contributed by atoms with Crippen molar-refractivity contribution in [2.45, 2.75) is 12.8 Å². The van der Waals surface area contributed by atoms with Gasteiger partial charge >= 0.3 is 0 Å². The second-order valence-electron chi connectivity index (χ2n) is 8.71. The molecule has 170 valence electrons. The molecule has 3 aromatic carbocycles. The number of aromatic hydroxyl groups is 1. The zero-order valence-electron chi connectivity index (χ0n) is 19.4. The van der Waals surface area contributed by atoms with Gasteiger partial charge in [-0.15, -0.1) is 0 Å². The fourth-order valence-electron chi connectivity index (χ4n) is 4.88. The molecule has 35 heavy (non-hydrogen) atoms. The Labute approximate surface area is 204 Å². The standard InChI is InChI=1S/C31H24N2O2/c1-35-23-13-9-20(10-14-23)26-18-22(28-7-4-5-17-32-28)19-27-24(26)15-11-21-12-16-29(33-31(21)27)25-6-2-3-8-30(25)34/h2-10,12-14,16-19,34H,11,15H2,1H3. The maximum absolute atomic E-state index is 10.4. The van der Waals surface area contributed by atoms with Crippen LogP contribution in [0.1, 0.15) is 11.1 Å². The summed E-state index contributed by atoms with van der Waals surface area (Å²) < 4.78 is 5.38. The SMILES string of the molecule is COc1ccc(-c2cc(-c3ccccn3)cc3c2CCc2ccc(-c4ccccc4O)nc2-3)cc1. The number of hydrogen-bond donors (Lipinski definition) is 1. The number of methoxy groups -OCH3 is 1. The third kappa shape index (κ3) is 3.83. The molecule has 0 saturated heterocycles. The molecule has 0 fully saturated rings. The van der Waals surface area contributed by atoms with Gasteiger partial charge in [-0.1, -0.05) is 36.4 Å². The molecule has 0 spiro atoms. The Morgan fingerprint density at radius 3 is 2.29 bits per heavy atom. The smallest absolute Gasteiger partial charge is 0.124 e. The average molecular weight is 457 g/mol. The first-order valence-corrected chi connectivity index (χ1v) is 11.7. The van der Waals surface area contributed by atoms with Crippen LogP contribution in [0.4, 0.5) is 0 Å². The fourth-order valence-corrected chi connectivity index (χ4v) is 4.88. The number of phenols is 1. The van der Waals surface area contributed by atoms with Crippen molar-refractivity contribution in [2.75, 3.05) is 7.11 Å². The minimum Gasteiger partial charge on any atom is -0.507 e. The molecule has 0 saturated carbocycles. The van der Waals surface area contributed by atoms with Gasteiger partial charge in [0.25, 0.3) is 0 Å². The van der Waals surface area contributed by atoms with E-state index >= 15 is 0 Å². The normalized spacial score (nSPS) is 12.0. The molecular weight excluding hydrogens is 432 g/mol. The van der Waals surface area contributed by atoms with E-state index in [2.05, 4.69) is 35.3 Å². The van der Waals surface area contributed by atoms with Crippen molar-refractivity contribution in [3.8, 4) is 56.4 Å². The van der Waals surface area contributed by atoms with Crippen molar-refractivity contribution in [3.63, 3.8) is 0 Å². The topological polar surface area (TPSA) is 55.2 Å². The molecule has 0 bridgehead atoms. The van der Waals surface area contributed by atoms with Crippen LogP contribution in [-0.2, 0) is 12.8 Å². The number of fused-ring (bicyclic) bond motifs is 3. The molecule has 0 atom stereocenters.